The third-order valence-corrected chi connectivity index (χ3v) is 15.8. The molecule has 0 bridgehead atoms. The molecule has 5 amide bonds. The number of nitrogens with zero attached hydrogens (tertiary/aromatic N) is 5. The first kappa shape index (κ1) is 60.6. The van der Waals surface area contributed by atoms with Crippen LogP contribution in [0.4, 0.5) is 5.69 Å². The van der Waals surface area contributed by atoms with Crippen molar-refractivity contribution in [2.45, 2.75) is 149 Å². The minimum Gasteiger partial charge on any atom is -0.506 e. The number of hydrogen-bond acceptors (Lipinski definition) is 15. The van der Waals surface area contributed by atoms with Gasteiger partial charge in [0.05, 0.1) is 16.5 Å². The van der Waals surface area contributed by atoms with E-state index < -0.39 is 58.6 Å². The molecule has 1 aromatic heterocycles. The highest BCUT2D eigenvalue weighted by atomic mass is 32.2. The maximum absolute atomic E-state index is 14.4. The van der Waals surface area contributed by atoms with Crippen molar-refractivity contribution in [3.05, 3.63) is 39.8 Å². The van der Waals surface area contributed by atoms with Gasteiger partial charge in [-0.1, -0.05) is 47.1 Å². The number of thiazole rings is 1. The average molecular weight is 1030 g/mol. The van der Waals surface area contributed by atoms with Crippen molar-refractivity contribution in [2.75, 3.05) is 59.9 Å². The molecule has 1 aliphatic rings. The van der Waals surface area contributed by atoms with Gasteiger partial charge in [0, 0.05) is 81.9 Å². The number of amides is 5. The first-order chi connectivity index (χ1) is 33.2. The Hall–Kier alpha value is -4.72. The van der Waals surface area contributed by atoms with Gasteiger partial charge < -0.3 is 30.3 Å². The van der Waals surface area contributed by atoms with Gasteiger partial charge in [0.1, 0.15) is 22.2 Å². The number of likely N-dealkylation sites (tertiary alicyclic amines) is 1. The number of Topliss-reactive ketones (excluding diaryl/α,β-unsaturated/α-hetero) is 2. The molecule has 0 spiro atoms. The Labute approximate surface area is 429 Å². The lowest BCUT2D eigenvalue weighted by molar-refractivity contribution is -0.150. The van der Waals surface area contributed by atoms with Crippen LogP contribution in [0.2, 0.25) is 0 Å². The lowest BCUT2D eigenvalue weighted by Crippen LogP contribution is -2.50. The van der Waals surface area contributed by atoms with E-state index in [0.29, 0.717) is 29.8 Å². The number of carbonyl (C=O) groups excluding carboxylic acids is 8. The number of ether oxygens (including phenoxy) is 1. The Balaban J connectivity index is 1.86. The molecule has 2 unspecified atom stereocenters. The molecule has 1 saturated heterocycles. The van der Waals surface area contributed by atoms with E-state index in [1.165, 1.54) is 29.7 Å². The van der Waals surface area contributed by atoms with Crippen LogP contribution >= 0.6 is 23.1 Å². The second-order valence-electron chi connectivity index (χ2n) is 20.4. The molecule has 0 radical (unpaired) electrons. The number of likely N-dealkylation sites (N-methyl/N-ethyl adjacent to an activating group) is 1. The molecule has 0 aliphatic carbocycles. The Morgan fingerprint density at radius 3 is 2.25 bits per heavy atom. The summed E-state index contributed by atoms with van der Waals surface area (Å²) in [5.41, 5.74) is 0.100. The Morgan fingerprint density at radius 1 is 1.00 bits per heavy atom. The second-order valence-corrected chi connectivity index (χ2v) is 22.4. The van der Waals surface area contributed by atoms with Crippen molar-refractivity contribution >= 4 is 75.9 Å². The van der Waals surface area contributed by atoms with E-state index in [0.717, 1.165) is 17.9 Å². The molecule has 19 heteroatoms. The summed E-state index contributed by atoms with van der Waals surface area (Å²) in [6, 6.07) is 3.69. The third kappa shape index (κ3) is 17.8. The van der Waals surface area contributed by atoms with Gasteiger partial charge >= 0.3 is 5.97 Å². The number of aromatic hydroxyl groups is 1. The summed E-state index contributed by atoms with van der Waals surface area (Å²) in [7, 11) is 9.29. The van der Waals surface area contributed by atoms with Crippen molar-refractivity contribution in [1.82, 2.24) is 29.9 Å². The van der Waals surface area contributed by atoms with Crippen molar-refractivity contribution in [2.24, 2.45) is 23.7 Å². The number of ketones is 2. The van der Waals surface area contributed by atoms with Crippen LogP contribution in [-0.4, -0.2) is 154 Å². The van der Waals surface area contributed by atoms with Gasteiger partial charge in [0.15, 0.2) is 11.9 Å². The predicted molar refractivity (Wildman–Crippen MR) is 279 cm³/mol. The van der Waals surface area contributed by atoms with Crippen LogP contribution in [0.3, 0.4) is 0 Å². The fraction of sp³-hybridized carbons (Fsp3) is 0.673. The Kier molecular flexibility index (Phi) is 23.8. The lowest BCUT2D eigenvalue weighted by Gasteiger charge is -2.38. The van der Waals surface area contributed by atoms with Crippen LogP contribution in [0.25, 0.3) is 0 Å². The van der Waals surface area contributed by atoms with Crippen LogP contribution in [0.5, 0.6) is 5.75 Å². The summed E-state index contributed by atoms with van der Waals surface area (Å²) in [6.45, 7) is 15.6. The van der Waals surface area contributed by atoms with E-state index >= 15 is 0 Å². The van der Waals surface area contributed by atoms with Gasteiger partial charge in [0.25, 0.3) is 5.91 Å². The van der Waals surface area contributed by atoms with Crippen LogP contribution in [-0.2, 0) is 44.7 Å². The fourth-order valence-electron chi connectivity index (χ4n) is 8.58. The number of carbonyl (C=O) groups is 8. The van der Waals surface area contributed by atoms with Crippen LogP contribution in [0.15, 0.2) is 23.6 Å². The zero-order chi connectivity index (χ0) is 53.5. The second kappa shape index (κ2) is 27.9. The first-order valence-corrected chi connectivity index (χ1v) is 27.0. The maximum atomic E-state index is 14.4. The highest BCUT2D eigenvalue weighted by molar-refractivity contribution is 8.00. The minimum absolute atomic E-state index is 0.00549. The van der Waals surface area contributed by atoms with Crippen LogP contribution < -0.4 is 10.6 Å². The topological polar surface area (TPSA) is 216 Å². The number of hydrogen-bond donors (Lipinski definition) is 3. The summed E-state index contributed by atoms with van der Waals surface area (Å²) in [6.07, 6.45) is 3.75. The molecular weight excluding hydrogens is 947 g/mol. The predicted octanol–water partition coefficient (Wildman–Crippen LogP) is 6.78. The minimum atomic E-state index is -0.906. The van der Waals surface area contributed by atoms with Crippen LogP contribution in [0, 0.1) is 23.7 Å². The number of phenols is 1. The molecule has 3 rings (SSSR count). The average Bonchev–Trinajstić information content (AvgIpc) is 3.90. The molecule has 396 valence electrons. The quantitative estimate of drug-likeness (QED) is 0.0418. The zero-order valence-corrected chi connectivity index (χ0v) is 46.2. The van der Waals surface area contributed by atoms with E-state index in [1.807, 2.05) is 86.5 Å². The van der Waals surface area contributed by atoms with E-state index in [2.05, 4.69) is 15.6 Å². The monoisotopic (exact) mass is 1030 g/mol. The number of imide groups is 1. The van der Waals surface area contributed by atoms with Crippen molar-refractivity contribution in [3.8, 4) is 5.75 Å². The number of rotatable bonds is 30. The molecule has 71 heavy (non-hydrogen) atoms. The largest absolute Gasteiger partial charge is 0.506 e. The van der Waals surface area contributed by atoms with Gasteiger partial charge in [-0.15, -0.1) is 11.3 Å². The number of phenolic OH excluding ortho intramolecular Hbond substituents is 1. The van der Waals surface area contributed by atoms with Gasteiger partial charge in [-0.2, -0.15) is 11.8 Å². The first-order valence-electron chi connectivity index (χ1n) is 24.8. The Morgan fingerprint density at radius 2 is 1.68 bits per heavy atom. The summed E-state index contributed by atoms with van der Waals surface area (Å²) in [4.78, 5) is 117. The normalized spacial score (nSPS) is 16.7. The summed E-state index contributed by atoms with van der Waals surface area (Å²) >= 11 is 2.47. The molecule has 1 aromatic carbocycles. The number of anilines is 1. The molecule has 17 nitrogen and oxygen atoms in total. The Bertz CT molecular complexity index is 2180. The highest BCUT2D eigenvalue weighted by Gasteiger charge is 2.40. The van der Waals surface area contributed by atoms with E-state index in [4.69, 9.17) is 4.74 Å². The number of benzene rings is 1. The van der Waals surface area contributed by atoms with Crippen molar-refractivity contribution in [1.29, 1.82) is 0 Å². The maximum Gasteiger partial charge on any atom is 0.303 e. The molecule has 0 saturated carbocycles. The number of esters is 1. The van der Waals surface area contributed by atoms with Crippen molar-refractivity contribution < 1.29 is 48.2 Å². The summed E-state index contributed by atoms with van der Waals surface area (Å²) < 4.78 is 5.86. The third-order valence-electron chi connectivity index (χ3n) is 13.9. The lowest BCUT2D eigenvalue weighted by atomic mass is 9.81. The fourth-order valence-corrected chi connectivity index (χ4v) is 10.1. The summed E-state index contributed by atoms with van der Waals surface area (Å²) in [5.74, 6) is -3.52. The zero-order valence-electron chi connectivity index (χ0n) is 44.6. The van der Waals surface area contributed by atoms with E-state index in [1.54, 1.807) is 35.7 Å². The number of aromatic nitrogens is 1. The molecule has 1 fully saturated rings. The molecular formula is C52H81N7O10S2. The highest BCUT2D eigenvalue weighted by Crippen LogP contribution is 2.34. The molecule has 1 aliphatic heterocycles. The standard InChI is InChI=1S/C52H81N7O10S2/c1-15-32(4)37(27-45(63)52(7,8)57(11)12)50(67)58(13)40(31(2)3)28-43(69-34(6)60)49-55-39(30-71-49)48(66)53-36(24-33(5)41(61)18-16-22-56(9)10)25-35-20-21-42(62)38(26-35)54-46(64)19-17-23-59-47(65)29-44(70-14)51(59)68/h20-21,26,30-33,36-37,40,43-44,62H,15-19,22-25,27-29H2,1-14H3,(H,53,66)(H,54,64)/t32-,33?,36+,37-,40+,43+,44?/m0/s1. The van der Waals surface area contributed by atoms with Gasteiger partial charge in [-0.25, -0.2) is 4.98 Å². The SMILES string of the molecule is CC[C@H](C)[C@H](CC(=O)C(C)(C)N(C)C)C(=O)N(C)[C@H](C[C@@H](OC(C)=O)c1nc(C(=O)N[C@@H](Cc2ccc(O)c(NC(=O)CCCN3C(=O)CC(SC)C3=O)c2)CC(C)C(=O)CCCN(C)C)cs1)C(C)C. The van der Waals surface area contributed by atoms with Gasteiger partial charge in [-0.05, 0) is 110 Å². The number of nitrogens with one attached hydrogen (secondary N) is 2. The smallest absolute Gasteiger partial charge is 0.303 e. The van der Waals surface area contributed by atoms with E-state index in [-0.39, 0.29) is 110 Å². The summed E-state index contributed by atoms with van der Waals surface area (Å²) in [5, 5.41) is 18.1. The molecule has 3 N–H and O–H groups in total. The van der Waals surface area contributed by atoms with Crippen molar-refractivity contribution in [3.63, 3.8) is 0 Å². The number of thioether (sulfide) groups is 1. The molecule has 7 atom stereocenters. The van der Waals surface area contributed by atoms with Gasteiger partial charge in [-0.3, -0.25) is 48.2 Å². The van der Waals surface area contributed by atoms with Gasteiger partial charge in [0.2, 0.25) is 23.6 Å². The molecule has 2 aromatic rings. The van der Waals surface area contributed by atoms with Crippen LogP contribution in [0.1, 0.15) is 140 Å². The van der Waals surface area contributed by atoms with E-state index in [9.17, 15) is 43.5 Å². The molecule has 2 heterocycles.